The molecule has 33 heavy (non-hydrogen) atoms. The molecule has 184 valence electrons. The highest BCUT2D eigenvalue weighted by Crippen LogP contribution is 2.34. The summed E-state index contributed by atoms with van der Waals surface area (Å²) in [4.78, 5) is 15.9. The molecule has 0 fully saturated rings. The third kappa shape index (κ3) is 6.64. The van der Waals surface area contributed by atoms with E-state index in [9.17, 15) is 27.3 Å². The van der Waals surface area contributed by atoms with Crippen molar-refractivity contribution < 1.29 is 32.0 Å². The lowest BCUT2D eigenvalue weighted by molar-refractivity contribution is -0.117. The second-order valence-electron chi connectivity index (χ2n) is 9.01. The predicted octanol–water partition coefficient (Wildman–Crippen LogP) is 4.70. The summed E-state index contributed by atoms with van der Waals surface area (Å²) in [7, 11) is -3.93. The number of allylic oxidation sites excluding steroid dienone is 1. The van der Waals surface area contributed by atoms with Gasteiger partial charge in [0.2, 0.25) is 5.95 Å². The van der Waals surface area contributed by atoms with Crippen LogP contribution < -0.4 is 9.88 Å². The fourth-order valence-corrected chi connectivity index (χ4v) is 4.61. The molecule has 0 spiro atoms. The molecule has 1 aliphatic rings. The van der Waals surface area contributed by atoms with Crippen molar-refractivity contribution in [3.8, 4) is 5.75 Å². The van der Waals surface area contributed by atoms with Gasteiger partial charge < -0.3 is 9.84 Å². The van der Waals surface area contributed by atoms with Crippen LogP contribution in [0.2, 0.25) is 0 Å². The minimum Gasteiger partial charge on any atom is -0.435 e. The van der Waals surface area contributed by atoms with E-state index in [1.165, 1.54) is 26.0 Å². The number of amides is 1. The fraction of sp³-hybridized carbons (Fsp3) is 0.545. The first-order chi connectivity index (χ1) is 15.0. The number of halogens is 3. The SMILES string of the molecule is CC(C)c1cc(OC(F)F)cc(C(C)C)c1CC(=O)N=S(N)(=O)C1=C(F)N=C(C(C)(C)O)C1. The lowest BCUT2D eigenvalue weighted by Gasteiger charge is -2.21. The van der Waals surface area contributed by atoms with Gasteiger partial charge in [0.15, 0.2) is 0 Å². The fourth-order valence-electron chi connectivity index (χ4n) is 3.51. The largest absolute Gasteiger partial charge is 0.435 e. The van der Waals surface area contributed by atoms with E-state index < -0.39 is 38.9 Å². The molecule has 3 N–H and O–H groups in total. The minimum atomic E-state index is -3.93. The molecule has 0 radical (unpaired) electrons. The lowest BCUT2D eigenvalue weighted by Crippen LogP contribution is -2.31. The smallest absolute Gasteiger partial charge is 0.387 e. The third-order valence-electron chi connectivity index (χ3n) is 5.18. The number of rotatable bonds is 8. The van der Waals surface area contributed by atoms with Gasteiger partial charge in [0.05, 0.1) is 17.7 Å². The standard InChI is InChI=1S/C22H30F3N3O4S/c1-11(2)14-7-13(32-21(24)25)8-15(12(3)4)16(14)9-19(29)28-33(26,31)17-10-18(22(5,6)30)27-20(17)23/h7-8,11-12,21,30H,9-10H2,1-6H3,(H2,26,28,29,31). The molecule has 2 rings (SSSR count). The first-order valence-electron chi connectivity index (χ1n) is 10.4. The zero-order valence-electron chi connectivity index (χ0n) is 19.5. The van der Waals surface area contributed by atoms with E-state index in [-0.39, 0.29) is 36.1 Å². The molecule has 7 nitrogen and oxygen atoms in total. The second-order valence-corrected chi connectivity index (χ2v) is 10.8. The van der Waals surface area contributed by atoms with E-state index in [1.807, 2.05) is 27.7 Å². The summed E-state index contributed by atoms with van der Waals surface area (Å²) in [6.45, 7) is 7.11. The molecule has 1 aliphatic heterocycles. The van der Waals surface area contributed by atoms with Crippen molar-refractivity contribution in [1.82, 2.24) is 0 Å². The molecule has 0 bridgehead atoms. The van der Waals surface area contributed by atoms with Crippen LogP contribution in [0.3, 0.4) is 0 Å². The number of hydrogen-bond donors (Lipinski definition) is 2. The van der Waals surface area contributed by atoms with Crippen molar-refractivity contribution in [3.05, 3.63) is 39.7 Å². The van der Waals surface area contributed by atoms with Crippen LogP contribution in [0, 0.1) is 0 Å². The number of alkyl halides is 2. The number of hydrogen-bond acceptors (Lipinski definition) is 5. The van der Waals surface area contributed by atoms with Gasteiger partial charge in [0, 0.05) is 6.42 Å². The highest BCUT2D eigenvalue weighted by Gasteiger charge is 2.33. The number of ether oxygens (including phenoxy) is 1. The Morgan fingerprint density at radius 2 is 1.76 bits per heavy atom. The third-order valence-corrected chi connectivity index (χ3v) is 6.67. The van der Waals surface area contributed by atoms with Crippen molar-refractivity contribution in [2.75, 3.05) is 0 Å². The van der Waals surface area contributed by atoms with Crippen molar-refractivity contribution >= 4 is 21.5 Å². The Hall–Kier alpha value is -2.24. The lowest BCUT2D eigenvalue weighted by atomic mass is 9.86. The maximum atomic E-state index is 14.3. The number of nitrogens with two attached hydrogens (primary N) is 1. The average Bonchev–Trinajstić information content (AvgIpc) is 3.04. The number of nitrogens with zero attached hydrogens (tertiary/aromatic N) is 2. The normalized spacial score (nSPS) is 16.5. The molecule has 0 aromatic heterocycles. The van der Waals surface area contributed by atoms with E-state index in [1.54, 1.807) is 0 Å². The van der Waals surface area contributed by atoms with E-state index >= 15 is 0 Å². The molecule has 11 heteroatoms. The summed E-state index contributed by atoms with van der Waals surface area (Å²) < 4.78 is 60.9. The Morgan fingerprint density at radius 3 is 2.15 bits per heavy atom. The van der Waals surface area contributed by atoms with Gasteiger partial charge in [-0.05, 0) is 54.5 Å². The highest BCUT2D eigenvalue weighted by molar-refractivity contribution is 7.95. The van der Waals surface area contributed by atoms with Gasteiger partial charge in [0.25, 0.3) is 5.91 Å². The molecule has 1 aromatic rings. The monoisotopic (exact) mass is 489 g/mol. The van der Waals surface area contributed by atoms with Crippen molar-refractivity contribution in [1.29, 1.82) is 0 Å². The molecule has 0 saturated heterocycles. The van der Waals surface area contributed by atoms with Crippen LogP contribution in [0.5, 0.6) is 5.75 Å². The van der Waals surface area contributed by atoms with Crippen LogP contribution >= 0.6 is 0 Å². The summed E-state index contributed by atoms with van der Waals surface area (Å²) in [5.41, 5.74) is 0.305. The number of carbonyl (C=O) groups is 1. The Bertz CT molecular complexity index is 1080. The molecule has 1 amide bonds. The van der Waals surface area contributed by atoms with Crippen molar-refractivity contribution in [3.63, 3.8) is 0 Å². The molecule has 0 saturated carbocycles. The van der Waals surface area contributed by atoms with Crippen LogP contribution in [0.15, 0.2) is 32.3 Å². The van der Waals surface area contributed by atoms with Gasteiger partial charge in [-0.1, -0.05) is 27.7 Å². The summed E-state index contributed by atoms with van der Waals surface area (Å²) in [6, 6.07) is 2.88. The predicted molar refractivity (Wildman–Crippen MR) is 121 cm³/mol. The Labute approximate surface area is 192 Å². The van der Waals surface area contributed by atoms with Gasteiger partial charge in [-0.15, -0.1) is 4.36 Å². The first kappa shape index (κ1) is 27.0. The van der Waals surface area contributed by atoms with E-state index in [0.717, 1.165) is 0 Å². The summed E-state index contributed by atoms with van der Waals surface area (Å²) >= 11 is 0. The van der Waals surface area contributed by atoms with Gasteiger partial charge in [-0.3, -0.25) is 4.79 Å². The zero-order valence-corrected chi connectivity index (χ0v) is 20.3. The number of aliphatic imine (C=N–C) groups is 1. The topological polar surface area (TPSA) is 114 Å². The Morgan fingerprint density at radius 1 is 1.24 bits per heavy atom. The summed E-state index contributed by atoms with van der Waals surface area (Å²) in [6.07, 6.45) is -0.617. The van der Waals surface area contributed by atoms with Gasteiger partial charge >= 0.3 is 6.61 Å². The number of carbonyl (C=O) groups excluding carboxylic acids is 1. The zero-order chi connectivity index (χ0) is 25.3. The van der Waals surface area contributed by atoms with Gasteiger partial charge in [0.1, 0.15) is 20.6 Å². The van der Waals surface area contributed by atoms with Crippen LogP contribution in [0.1, 0.15) is 76.5 Å². The number of benzene rings is 1. The number of aliphatic hydroxyl groups is 1. The molecule has 1 unspecified atom stereocenters. The Kier molecular flexibility index (Phi) is 8.14. The average molecular weight is 490 g/mol. The van der Waals surface area contributed by atoms with Gasteiger partial charge in [-0.2, -0.15) is 13.2 Å². The Balaban J connectivity index is 2.44. The van der Waals surface area contributed by atoms with E-state index in [2.05, 4.69) is 14.1 Å². The van der Waals surface area contributed by atoms with Crippen molar-refractivity contribution in [2.45, 2.75) is 78.4 Å². The molecule has 1 atom stereocenters. The first-order valence-corrected chi connectivity index (χ1v) is 12.0. The van der Waals surface area contributed by atoms with Crippen LogP contribution in [-0.4, -0.2) is 33.1 Å². The van der Waals surface area contributed by atoms with Crippen LogP contribution in [-0.2, 0) is 21.1 Å². The summed E-state index contributed by atoms with van der Waals surface area (Å²) in [5.74, 6) is -2.30. The van der Waals surface area contributed by atoms with Crippen LogP contribution in [0.4, 0.5) is 13.2 Å². The van der Waals surface area contributed by atoms with E-state index in [4.69, 9.17) is 5.14 Å². The van der Waals surface area contributed by atoms with Crippen molar-refractivity contribution in [2.24, 2.45) is 14.5 Å². The quantitative estimate of drug-likeness (QED) is 0.515. The molecule has 0 aliphatic carbocycles. The molecule has 1 aromatic carbocycles. The van der Waals surface area contributed by atoms with Gasteiger partial charge in [-0.25, -0.2) is 14.3 Å². The maximum Gasteiger partial charge on any atom is 0.387 e. The second kappa shape index (κ2) is 9.94. The summed E-state index contributed by atoms with van der Waals surface area (Å²) in [5, 5.41) is 15.8. The molecule has 1 heterocycles. The van der Waals surface area contributed by atoms with Crippen LogP contribution in [0.25, 0.3) is 0 Å². The molecular formula is C22H30F3N3O4S. The minimum absolute atomic E-state index is 0.0228. The maximum absolute atomic E-state index is 14.3. The molecular weight excluding hydrogens is 459 g/mol. The van der Waals surface area contributed by atoms with E-state index in [0.29, 0.717) is 16.7 Å². The highest BCUT2D eigenvalue weighted by atomic mass is 32.2.